The Labute approximate surface area is 105 Å². The molecule has 17 heavy (non-hydrogen) atoms. The molecule has 2 N–H and O–H groups in total. The Bertz CT molecular complexity index is 144. The molecule has 0 aromatic heterocycles. The van der Waals surface area contributed by atoms with Crippen molar-refractivity contribution in [2.75, 3.05) is 13.4 Å². The van der Waals surface area contributed by atoms with Crippen molar-refractivity contribution in [2.24, 2.45) is 0 Å². The van der Waals surface area contributed by atoms with Crippen LogP contribution in [0.15, 0.2) is 0 Å². The smallest absolute Gasteiger partial charge is 0.402 e. The number of unbranched alkanes of at least 4 members (excludes halogenated alkanes) is 8. The standard InChI is InChI=1S/C12H27BO4/c1-2-3-4-5-6-7-8-9-10-11-16-12-17-13(14)15/h14-15H,2-12H2,1H3. The minimum absolute atomic E-state index is 0.0469. The summed E-state index contributed by atoms with van der Waals surface area (Å²) in [5.41, 5.74) is 0. The van der Waals surface area contributed by atoms with Crippen molar-refractivity contribution in [1.82, 2.24) is 0 Å². The minimum atomic E-state index is -1.72. The predicted octanol–water partition coefficient (Wildman–Crippen LogP) is 2.48. The molecule has 0 aromatic carbocycles. The van der Waals surface area contributed by atoms with Gasteiger partial charge in [0, 0.05) is 6.61 Å². The molecule has 0 aliphatic carbocycles. The maximum Gasteiger partial charge on any atom is 0.635 e. The quantitative estimate of drug-likeness (QED) is 0.298. The van der Waals surface area contributed by atoms with Crippen molar-refractivity contribution in [2.45, 2.75) is 64.7 Å². The van der Waals surface area contributed by atoms with Gasteiger partial charge in [-0.3, -0.25) is 0 Å². The fourth-order valence-electron chi connectivity index (χ4n) is 1.68. The molecule has 0 atom stereocenters. The zero-order valence-electron chi connectivity index (χ0n) is 11.1. The second-order valence-electron chi connectivity index (χ2n) is 4.35. The van der Waals surface area contributed by atoms with Crippen molar-refractivity contribution in [1.29, 1.82) is 0 Å². The van der Waals surface area contributed by atoms with Crippen molar-refractivity contribution >= 4 is 7.32 Å². The summed E-state index contributed by atoms with van der Waals surface area (Å²) in [6, 6.07) is 0. The molecule has 0 heterocycles. The third-order valence-corrected chi connectivity index (χ3v) is 2.69. The van der Waals surface area contributed by atoms with Crippen molar-refractivity contribution < 1.29 is 19.4 Å². The first-order valence-corrected chi connectivity index (χ1v) is 6.83. The molecule has 0 bridgehead atoms. The summed E-state index contributed by atoms with van der Waals surface area (Å²) in [5.74, 6) is 0. The van der Waals surface area contributed by atoms with Crippen LogP contribution in [0.5, 0.6) is 0 Å². The van der Waals surface area contributed by atoms with Gasteiger partial charge in [0.05, 0.1) is 0 Å². The first kappa shape index (κ1) is 16.9. The first-order valence-electron chi connectivity index (χ1n) is 6.83. The van der Waals surface area contributed by atoms with E-state index in [0.29, 0.717) is 6.61 Å². The summed E-state index contributed by atoms with van der Waals surface area (Å²) >= 11 is 0. The van der Waals surface area contributed by atoms with Crippen LogP contribution in [-0.4, -0.2) is 30.8 Å². The molecule has 0 unspecified atom stereocenters. The lowest BCUT2D eigenvalue weighted by atomic mass is 10.1. The average Bonchev–Trinajstić information content (AvgIpc) is 2.30. The van der Waals surface area contributed by atoms with Gasteiger partial charge in [-0.15, -0.1) is 0 Å². The summed E-state index contributed by atoms with van der Waals surface area (Å²) in [6.07, 6.45) is 11.5. The van der Waals surface area contributed by atoms with Crippen LogP contribution in [0.1, 0.15) is 64.7 Å². The normalized spacial score (nSPS) is 10.8. The van der Waals surface area contributed by atoms with Gasteiger partial charge < -0.3 is 19.4 Å². The summed E-state index contributed by atoms with van der Waals surface area (Å²) in [7, 11) is -1.72. The van der Waals surface area contributed by atoms with E-state index in [0.717, 1.165) is 6.42 Å². The van der Waals surface area contributed by atoms with E-state index in [-0.39, 0.29) is 6.79 Å². The highest BCUT2D eigenvalue weighted by atomic mass is 16.7. The highest BCUT2D eigenvalue weighted by Crippen LogP contribution is 2.09. The van der Waals surface area contributed by atoms with E-state index < -0.39 is 7.32 Å². The van der Waals surface area contributed by atoms with Gasteiger partial charge in [-0.1, -0.05) is 58.3 Å². The molecule has 0 rings (SSSR count). The largest absolute Gasteiger partial charge is 0.635 e. The average molecular weight is 246 g/mol. The van der Waals surface area contributed by atoms with Gasteiger partial charge in [0.2, 0.25) is 0 Å². The number of rotatable bonds is 13. The first-order chi connectivity index (χ1) is 8.27. The van der Waals surface area contributed by atoms with E-state index in [2.05, 4.69) is 11.6 Å². The molecule has 0 radical (unpaired) electrons. The van der Waals surface area contributed by atoms with Crippen LogP contribution in [-0.2, 0) is 9.39 Å². The molecule has 0 fully saturated rings. The lowest BCUT2D eigenvalue weighted by Crippen LogP contribution is -2.18. The van der Waals surface area contributed by atoms with Crippen LogP contribution in [0, 0.1) is 0 Å². The number of ether oxygens (including phenoxy) is 1. The molecule has 5 heteroatoms. The van der Waals surface area contributed by atoms with E-state index in [4.69, 9.17) is 14.8 Å². The fourth-order valence-corrected chi connectivity index (χ4v) is 1.68. The lowest BCUT2D eigenvalue weighted by Gasteiger charge is -2.05. The predicted molar refractivity (Wildman–Crippen MR) is 69.3 cm³/mol. The molecule has 0 aromatic rings. The molecule has 0 saturated carbocycles. The van der Waals surface area contributed by atoms with Crippen LogP contribution in [0.2, 0.25) is 0 Å². The summed E-state index contributed by atoms with van der Waals surface area (Å²) in [5, 5.41) is 16.7. The Hall–Kier alpha value is -0.0951. The van der Waals surface area contributed by atoms with Gasteiger partial charge >= 0.3 is 7.32 Å². The fraction of sp³-hybridized carbons (Fsp3) is 1.00. The molecule has 0 aliphatic rings. The Morgan fingerprint density at radius 1 is 0.824 bits per heavy atom. The topological polar surface area (TPSA) is 58.9 Å². The molecule has 0 amide bonds. The summed E-state index contributed by atoms with van der Waals surface area (Å²) in [6.45, 7) is 2.82. The van der Waals surface area contributed by atoms with E-state index >= 15 is 0 Å². The van der Waals surface area contributed by atoms with Gasteiger partial charge in [0.1, 0.15) is 6.79 Å². The second kappa shape index (κ2) is 14.0. The van der Waals surface area contributed by atoms with E-state index in [1.165, 1.54) is 51.4 Å². The van der Waals surface area contributed by atoms with Gasteiger partial charge in [-0.05, 0) is 6.42 Å². The SMILES string of the molecule is CCCCCCCCCCCOCOB(O)O. The maximum absolute atomic E-state index is 8.37. The Morgan fingerprint density at radius 2 is 1.35 bits per heavy atom. The highest BCUT2D eigenvalue weighted by Gasteiger charge is 2.06. The number of hydrogen-bond donors (Lipinski definition) is 2. The van der Waals surface area contributed by atoms with Crippen LogP contribution in [0.3, 0.4) is 0 Å². The summed E-state index contributed by atoms with van der Waals surface area (Å²) < 4.78 is 9.48. The third-order valence-electron chi connectivity index (χ3n) is 2.69. The minimum Gasteiger partial charge on any atom is -0.402 e. The van der Waals surface area contributed by atoms with Crippen molar-refractivity contribution in [3.8, 4) is 0 Å². The molecule has 102 valence electrons. The van der Waals surface area contributed by atoms with E-state index in [1.54, 1.807) is 0 Å². The molecule has 0 spiro atoms. The van der Waals surface area contributed by atoms with Crippen LogP contribution in [0.25, 0.3) is 0 Å². The Balaban J connectivity index is 2.89. The van der Waals surface area contributed by atoms with Gasteiger partial charge in [0.15, 0.2) is 0 Å². The maximum atomic E-state index is 8.37. The molecule has 0 aliphatic heterocycles. The zero-order valence-corrected chi connectivity index (χ0v) is 11.1. The second-order valence-corrected chi connectivity index (χ2v) is 4.35. The van der Waals surface area contributed by atoms with Crippen molar-refractivity contribution in [3.63, 3.8) is 0 Å². The monoisotopic (exact) mass is 246 g/mol. The lowest BCUT2D eigenvalue weighted by molar-refractivity contribution is -0.0121. The van der Waals surface area contributed by atoms with Crippen molar-refractivity contribution in [3.05, 3.63) is 0 Å². The van der Waals surface area contributed by atoms with Gasteiger partial charge in [0.25, 0.3) is 0 Å². The van der Waals surface area contributed by atoms with Crippen LogP contribution < -0.4 is 0 Å². The van der Waals surface area contributed by atoms with Gasteiger partial charge in [-0.2, -0.15) is 0 Å². The zero-order chi connectivity index (χ0) is 12.8. The Kier molecular flexibility index (Phi) is 13.9. The number of hydrogen-bond acceptors (Lipinski definition) is 4. The molecule has 0 saturated heterocycles. The van der Waals surface area contributed by atoms with Crippen LogP contribution >= 0.6 is 0 Å². The molecular formula is C12H27BO4. The Morgan fingerprint density at radius 3 is 1.88 bits per heavy atom. The van der Waals surface area contributed by atoms with E-state index in [1.807, 2.05) is 0 Å². The highest BCUT2D eigenvalue weighted by molar-refractivity contribution is 6.32. The van der Waals surface area contributed by atoms with Gasteiger partial charge in [-0.25, -0.2) is 0 Å². The summed E-state index contributed by atoms with van der Waals surface area (Å²) in [4.78, 5) is 0. The molecular weight excluding hydrogens is 219 g/mol. The molecule has 4 nitrogen and oxygen atoms in total. The third kappa shape index (κ3) is 15.9. The van der Waals surface area contributed by atoms with Crippen LogP contribution in [0.4, 0.5) is 0 Å². The van der Waals surface area contributed by atoms with E-state index in [9.17, 15) is 0 Å².